The number of hydrogen-bond acceptors (Lipinski definition) is 3. The molecule has 0 saturated heterocycles. The van der Waals surface area contributed by atoms with Crippen molar-refractivity contribution in [3.8, 4) is 0 Å². The molecule has 1 saturated carbocycles. The number of hydrogen-bond donors (Lipinski definition) is 1. The lowest BCUT2D eigenvalue weighted by molar-refractivity contribution is 0.0847. The molecule has 2 N–H and O–H groups in total. The second kappa shape index (κ2) is 4.34. The maximum absolute atomic E-state index is 12.3. The Morgan fingerprint density at radius 1 is 1.31 bits per heavy atom. The third-order valence-electron chi connectivity index (χ3n) is 3.37. The number of carbonyl (C=O) groups excluding carboxylic acids is 1. The van der Waals surface area contributed by atoms with E-state index in [-0.39, 0.29) is 5.78 Å². The van der Waals surface area contributed by atoms with E-state index < -0.39 is 5.54 Å². The van der Waals surface area contributed by atoms with Crippen LogP contribution in [0, 0.1) is 6.92 Å². The van der Waals surface area contributed by atoms with E-state index in [1.807, 2.05) is 19.1 Å². The molecule has 1 heterocycles. The topological polar surface area (TPSA) is 56.0 Å². The lowest BCUT2D eigenvalue weighted by Gasteiger charge is -2.31. The number of pyridine rings is 1. The molecule has 0 spiro atoms. The summed E-state index contributed by atoms with van der Waals surface area (Å²) in [6.45, 7) is 1.91. The summed E-state index contributed by atoms with van der Waals surface area (Å²) in [7, 11) is 0. The van der Waals surface area contributed by atoms with Crippen molar-refractivity contribution in [3.05, 3.63) is 29.6 Å². The van der Waals surface area contributed by atoms with E-state index in [9.17, 15) is 4.79 Å². The van der Waals surface area contributed by atoms with Crippen molar-refractivity contribution < 1.29 is 4.79 Å². The minimum absolute atomic E-state index is 0.0553. The number of nitrogens with zero attached hydrogens (tertiary/aromatic N) is 1. The molecule has 1 fully saturated rings. The van der Waals surface area contributed by atoms with Gasteiger partial charge in [0.1, 0.15) is 0 Å². The third kappa shape index (κ3) is 2.14. The van der Waals surface area contributed by atoms with E-state index >= 15 is 0 Å². The summed E-state index contributed by atoms with van der Waals surface area (Å²) in [6, 6.07) is 3.69. The number of nitrogens with two attached hydrogens (primary N) is 1. The number of ketones is 1. The molecule has 0 aromatic carbocycles. The van der Waals surface area contributed by atoms with Gasteiger partial charge >= 0.3 is 0 Å². The van der Waals surface area contributed by atoms with Gasteiger partial charge in [-0.3, -0.25) is 9.78 Å². The first-order valence-corrected chi connectivity index (χ1v) is 5.88. The third-order valence-corrected chi connectivity index (χ3v) is 3.37. The maximum Gasteiger partial charge on any atom is 0.184 e. The number of rotatable bonds is 2. The summed E-state index contributed by atoms with van der Waals surface area (Å²) >= 11 is 0. The molecule has 0 atom stereocenters. The minimum Gasteiger partial charge on any atom is -0.319 e. The lowest BCUT2D eigenvalue weighted by atomic mass is 9.77. The quantitative estimate of drug-likeness (QED) is 0.774. The predicted octanol–water partition coefficient (Wildman–Crippen LogP) is 2.23. The highest BCUT2D eigenvalue weighted by Gasteiger charge is 2.35. The highest BCUT2D eigenvalue weighted by Crippen LogP contribution is 2.28. The Hall–Kier alpha value is -1.22. The molecular weight excluding hydrogens is 200 g/mol. The second-order valence-electron chi connectivity index (χ2n) is 4.73. The average molecular weight is 218 g/mol. The molecule has 1 aliphatic carbocycles. The Kier molecular flexibility index (Phi) is 3.06. The Bertz CT molecular complexity index is 377. The van der Waals surface area contributed by atoms with Crippen molar-refractivity contribution in [2.45, 2.75) is 44.6 Å². The highest BCUT2D eigenvalue weighted by atomic mass is 16.1. The molecule has 1 aromatic heterocycles. The molecule has 0 aliphatic heterocycles. The van der Waals surface area contributed by atoms with Crippen LogP contribution in [0.1, 0.15) is 48.2 Å². The van der Waals surface area contributed by atoms with Gasteiger partial charge in [-0.2, -0.15) is 0 Å². The van der Waals surface area contributed by atoms with Gasteiger partial charge in [0.2, 0.25) is 0 Å². The van der Waals surface area contributed by atoms with Gasteiger partial charge in [0.15, 0.2) is 5.78 Å². The lowest BCUT2D eigenvalue weighted by Crippen LogP contribution is -2.49. The summed E-state index contributed by atoms with van der Waals surface area (Å²) in [5.41, 5.74) is 7.12. The summed E-state index contributed by atoms with van der Waals surface area (Å²) in [5, 5.41) is 0. The van der Waals surface area contributed by atoms with Gasteiger partial charge in [-0.25, -0.2) is 0 Å². The number of aromatic nitrogens is 1. The molecule has 3 heteroatoms. The molecule has 0 amide bonds. The van der Waals surface area contributed by atoms with Crippen LogP contribution in [0.3, 0.4) is 0 Å². The molecule has 1 aromatic rings. The summed E-state index contributed by atoms with van der Waals surface area (Å²) in [5.74, 6) is 0.0553. The largest absolute Gasteiger partial charge is 0.319 e. The molecule has 0 radical (unpaired) electrons. The van der Waals surface area contributed by atoms with Crippen LogP contribution in [-0.2, 0) is 0 Å². The first-order valence-electron chi connectivity index (χ1n) is 5.88. The van der Waals surface area contributed by atoms with Gasteiger partial charge in [0, 0.05) is 17.5 Å². The molecule has 0 bridgehead atoms. The highest BCUT2D eigenvalue weighted by molar-refractivity contribution is 6.02. The smallest absolute Gasteiger partial charge is 0.184 e. The van der Waals surface area contributed by atoms with E-state index in [1.165, 1.54) is 6.42 Å². The van der Waals surface area contributed by atoms with Gasteiger partial charge in [-0.1, -0.05) is 19.3 Å². The van der Waals surface area contributed by atoms with Gasteiger partial charge in [0.25, 0.3) is 0 Å². The van der Waals surface area contributed by atoms with E-state index in [0.717, 1.165) is 31.4 Å². The van der Waals surface area contributed by atoms with Gasteiger partial charge in [0.05, 0.1) is 5.54 Å². The number of Topliss-reactive ketones (excluding diaryl/α,β-unsaturated/α-hetero) is 1. The van der Waals surface area contributed by atoms with Gasteiger partial charge in [-0.15, -0.1) is 0 Å². The van der Waals surface area contributed by atoms with Crippen molar-refractivity contribution in [1.29, 1.82) is 0 Å². The fourth-order valence-electron chi connectivity index (χ4n) is 2.30. The first kappa shape index (κ1) is 11.3. The number of carbonyl (C=O) groups is 1. The molecule has 1 aliphatic rings. The van der Waals surface area contributed by atoms with Crippen molar-refractivity contribution >= 4 is 5.78 Å². The predicted molar refractivity (Wildman–Crippen MR) is 63.3 cm³/mol. The molecule has 0 unspecified atom stereocenters. The zero-order valence-electron chi connectivity index (χ0n) is 9.70. The van der Waals surface area contributed by atoms with Crippen LogP contribution in [0.4, 0.5) is 0 Å². The molecular formula is C13H18N2O. The zero-order valence-corrected chi connectivity index (χ0v) is 9.70. The Labute approximate surface area is 96.1 Å². The van der Waals surface area contributed by atoms with Gasteiger partial charge in [-0.05, 0) is 31.9 Å². The van der Waals surface area contributed by atoms with Crippen molar-refractivity contribution in [3.63, 3.8) is 0 Å². The maximum atomic E-state index is 12.3. The SMILES string of the molecule is Cc1ccc(C(=O)C2(N)CCCCC2)cn1. The van der Waals surface area contributed by atoms with E-state index in [1.54, 1.807) is 6.20 Å². The average Bonchev–Trinajstić information content (AvgIpc) is 2.30. The fraction of sp³-hybridized carbons (Fsp3) is 0.538. The van der Waals surface area contributed by atoms with Crippen LogP contribution < -0.4 is 5.73 Å². The van der Waals surface area contributed by atoms with E-state index in [2.05, 4.69) is 4.98 Å². The monoisotopic (exact) mass is 218 g/mol. The Morgan fingerprint density at radius 3 is 2.56 bits per heavy atom. The minimum atomic E-state index is -0.644. The van der Waals surface area contributed by atoms with Crippen molar-refractivity contribution in [1.82, 2.24) is 4.98 Å². The van der Waals surface area contributed by atoms with E-state index in [4.69, 9.17) is 5.73 Å². The molecule has 2 rings (SSSR count). The molecule has 86 valence electrons. The normalized spacial score (nSPS) is 19.4. The van der Waals surface area contributed by atoms with Crippen LogP contribution in [-0.4, -0.2) is 16.3 Å². The van der Waals surface area contributed by atoms with Gasteiger partial charge < -0.3 is 5.73 Å². The Balaban J connectivity index is 2.20. The first-order chi connectivity index (χ1) is 7.62. The van der Waals surface area contributed by atoms with Crippen molar-refractivity contribution in [2.75, 3.05) is 0 Å². The second-order valence-corrected chi connectivity index (χ2v) is 4.73. The van der Waals surface area contributed by atoms with Crippen LogP contribution in [0.25, 0.3) is 0 Å². The molecule has 3 nitrogen and oxygen atoms in total. The van der Waals surface area contributed by atoms with Crippen LogP contribution in [0.15, 0.2) is 18.3 Å². The number of aryl methyl sites for hydroxylation is 1. The standard InChI is InChI=1S/C13H18N2O/c1-10-5-6-11(9-15-10)12(16)13(14)7-3-2-4-8-13/h5-6,9H,2-4,7-8,14H2,1H3. The summed E-state index contributed by atoms with van der Waals surface area (Å²) in [4.78, 5) is 16.4. The summed E-state index contributed by atoms with van der Waals surface area (Å²) < 4.78 is 0. The van der Waals surface area contributed by atoms with Crippen LogP contribution in [0.2, 0.25) is 0 Å². The summed E-state index contributed by atoms with van der Waals surface area (Å²) in [6.07, 6.45) is 6.56. The van der Waals surface area contributed by atoms with Crippen molar-refractivity contribution in [2.24, 2.45) is 5.73 Å². The fourth-order valence-corrected chi connectivity index (χ4v) is 2.30. The van der Waals surface area contributed by atoms with E-state index in [0.29, 0.717) is 5.56 Å². The van der Waals surface area contributed by atoms with Crippen LogP contribution in [0.5, 0.6) is 0 Å². The molecule has 16 heavy (non-hydrogen) atoms. The van der Waals surface area contributed by atoms with Crippen LogP contribution >= 0.6 is 0 Å². The Morgan fingerprint density at radius 2 is 2.00 bits per heavy atom. The zero-order chi connectivity index (χ0) is 11.6.